The lowest BCUT2D eigenvalue weighted by atomic mass is 10.1. The van der Waals surface area contributed by atoms with Gasteiger partial charge in [0.15, 0.2) is 0 Å². The first-order valence-electron chi connectivity index (χ1n) is 8.43. The van der Waals surface area contributed by atoms with Crippen LogP contribution < -0.4 is 15.1 Å². The van der Waals surface area contributed by atoms with E-state index in [-0.39, 0.29) is 12.1 Å². The largest absolute Gasteiger partial charge is 0.548 e. The third-order valence-corrected chi connectivity index (χ3v) is 4.21. The molecule has 0 unspecified atom stereocenters. The number of carbonyl (C=O) groups excluding carboxylic acids is 2. The fourth-order valence-corrected chi connectivity index (χ4v) is 2.91. The zero-order chi connectivity index (χ0) is 20.4. The van der Waals surface area contributed by atoms with Crippen molar-refractivity contribution in [3.8, 4) is 0 Å². The smallest absolute Gasteiger partial charge is 0.407 e. The van der Waals surface area contributed by atoms with E-state index < -0.39 is 28.6 Å². The molecule has 0 spiro atoms. The molecular weight excluding hydrogens is 374 g/mol. The number of nitro benzene ring substituents is 1. The standard InChI is InChI=1S/C17H25N3O6S/c1-17(2,3)26-16(23)18-11-7-6-8-12(15(21)22)19-27-14-10-5-4-9-13(14)20(24)25/h4-5,9-10,12,19H,6-8,11H2,1-3H3,(H,18,23)(H,21,22)/p-1/t12-/m0/s1. The van der Waals surface area contributed by atoms with Gasteiger partial charge in [-0.2, -0.15) is 0 Å². The normalized spacial score (nSPS) is 12.3. The van der Waals surface area contributed by atoms with Crippen LogP contribution >= 0.6 is 11.9 Å². The van der Waals surface area contributed by atoms with Crippen molar-refractivity contribution in [2.24, 2.45) is 0 Å². The topological polar surface area (TPSA) is 134 Å². The van der Waals surface area contributed by atoms with Crippen molar-refractivity contribution in [2.45, 2.75) is 56.6 Å². The molecule has 1 aromatic rings. The Bertz CT molecular complexity index is 662. The molecular formula is C17H24N3O6S-. The number of rotatable bonds is 10. The first-order valence-corrected chi connectivity index (χ1v) is 9.25. The van der Waals surface area contributed by atoms with Gasteiger partial charge in [-0.25, -0.2) is 4.79 Å². The molecule has 0 saturated heterocycles. The number of nitrogens with zero attached hydrogens (tertiary/aromatic N) is 1. The molecule has 0 aliphatic rings. The van der Waals surface area contributed by atoms with Gasteiger partial charge in [0.05, 0.1) is 16.9 Å². The summed E-state index contributed by atoms with van der Waals surface area (Å²) < 4.78 is 7.80. The van der Waals surface area contributed by atoms with Crippen molar-refractivity contribution in [3.63, 3.8) is 0 Å². The molecule has 9 nitrogen and oxygen atoms in total. The monoisotopic (exact) mass is 398 g/mol. The van der Waals surface area contributed by atoms with Gasteiger partial charge in [0.25, 0.3) is 5.69 Å². The van der Waals surface area contributed by atoms with Gasteiger partial charge in [-0.05, 0) is 58.0 Å². The van der Waals surface area contributed by atoms with Gasteiger partial charge >= 0.3 is 6.09 Å². The number of aliphatic carboxylic acids is 1. The van der Waals surface area contributed by atoms with E-state index in [0.717, 1.165) is 11.9 Å². The van der Waals surface area contributed by atoms with Crippen LogP contribution in [0.25, 0.3) is 0 Å². The van der Waals surface area contributed by atoms with Gasteiger partial charge in [0.1, 0.15) is 10.5 Å². The second-order valence-corrected chi connectivity index (χ2v) is 7.62. The molecule has 0 aliphatic heterocycles. The first kappa shape index (κ1) is 22.7. The molecule has 1 rings (SSSR count). The Hall–Kier alpha value is -2.33. The van der Waals surface area contributed by atoms with Crippen LogP contribution in [0, 0.1) is 10.1 Å². The quantitative estimate of drug-likeness (QED) is 0.265. The second-order valence-electron chi connectivity index (χ2n) is 6.74. The SMILES string of the molecule is CC(C)(C)OC(=O)NCCCC[C@H](NSc1ccccc1[N+](=O)[O-])C(=O)[O-]. The molecule has 0 aromatic heterocycles. The molecule has 0 aliphatic carbocycles. The molecule has 2 N–H and O–H groups in total. The number of benzene rings is 1. The molecule has 27 heavy (non-hydrogen) atoms. The molecule has 0 heterocycles. The van der Waals surface area contributed by atoms with Crippen LogP contribution in [0.5, 0.6) is 0 Å². The number of amides is 1. The van der Waals surface area contributed by atoms with Crippen LogP contribution in [0.15, 0.2) is 29.2 Å². The Kier molecular flexibility index (Phi) is 9.03. The number of carboxylic acids is 1. The molecule has 0 fully saturated rings. The van der Waals surface area contributed by atoms with Gasteiger partial charge in [-0.1, -0.05) is 12.1 Å². The number of nitro groups is 1. The van der Waals surface area contributed by atoms with Crippen molar-refractivity contribution in [1.82, 2.24) is 10.0 Å². The third-order valence-electron chi connectivity index (χ3n) is 3.25. The lowest BCUT2D eigenvalue weighted by Crippen LogP contribution is -2.42. The molecule has 10 heteroatoms. The Morgan fingerprint density at radius 2 is 1.93 bits per heavy atom. The van der Waals surface area contributed by atoms with E-state index in [1.165, 1.54) is 18.2 Å². The molecule has 150 valence electrons. The number of nitrogens with one attached hydrogen (secondary N) is 2. The lowest BCUT2D eigenvalue weighted by Gasteiger charge is -2.20. The highest BCUT2D eigenvalue weighted by atomic mass is 32.2. The van der Waals surface area contributed by atoms with Crippen LogP contribution in [0.4, 0.5) is 10.5 Å². The van der Waals surface area contributed by atoms with E-state index in [1.807, 2.05) is 0 Å². The number of ether oxygens (including phenoxy) is 1. The van der Waals surface area contributed by atoms with Crippen molar-refractivity contribution in [2.75, 3.05) is 6.54 Å². The van der Waals surface area contributed by atoms with Crippen molar-refractivity contribution in [3.05, 3.63) is 34.4 Å². The third kappa shape index (κ3) is 9.25. The van der Waals surface area contributed by atoms with E-state index >= 15 is 0 Å². The summed E-state index contributed by atoms with van der Waals surface area (Å²) in [6, 6.07) is 5.08. The van der Waals surface area contributed by atoms with E-state index in [4.69, 9.17) is 4.74 Å². The minimum Gasteiger partial charge on any atom is -0.548 e. The summed E-state index contributed by atoms with van der Waals surface area (Å²) in [6.45, 7) is 5.64. The van der Waals surface area contributed by atoms with Crippen LogP contribution in [0.2, 0.25) is 0 Å². The zero-order valence-corrected chi connectivity index (χ0v) is 16.3. The highest BCUT2D eigenvalue weighted by molar-refractivity contribution is 7.97. The summed E-state index contributed by atoms with van der Waals surface area (Å²) in [4.78, 5) is 33.5. The minimum absolute atomic E-state index is 0.103. The number of unbranched alkanes of at least 4 members (excludes halogenated alkanes) is 1. The average Bonchev–Trinajstić information content (AvgIpc) is 2.55. The maximum Gasteiger partial charge on any atom is 0.407 e. The predicted molar refractivity (Wildman–Crippen MR) is 99.0 cm³/mol. The van der Waals surface area contributed by atoms with Gasteiger partial charge < -0.3 is 20.0 Å². The Balaban J connectivity index is 2.40. The fourth-order valence-electron chi connectivity index (χ4n) is 2.03. The van der Waals surface area contributed by atoms with Gasteiger partial charge in [-0.3, -0.25) is 14.8 Å². The molecule has 0 saturated carbocycles. The Labute approximate surface area is 162 Å². The van der Waals surface area contributed by atoms with Crippen LogP contribution in [-0.4, -0.2) is 35.2 Å². The van der Waals surface area contributed by atoms with Crippen molar-refractivity contribution >= 4 is 29.7 Å². The summed E-state index contributed by atoms with van der Waals surface area (Å²) >= 11 is 0.885. The van der Waals surface area contributed by atoms with Gasteiger partial charge in [-0.15, -0.1) is 0 Å². The number of carboxylic acid groups (broad SMARTS) is 1. The highest BCUT2D eigenvalue weighted by Crippen LogP contribution is 2.27. The summed E-state index contributed by atoms with van der Waals surface area (Å²) in [6.07, 6.45) is 0.801. The fraction of sp³-hybridized carbons (Fsp3) is 0.529. The minimum atomic E-state index is -1.29. The lowest BCUT2D eigenvalue weighted by molar-refractivity contribution is -0.387. The molecule has 1 aromatic carbocycles. The Morgan fingerprint density at radius 1 is 1.26 bits per heavy atom. The summed E-state index contributed by atoms with van der Waals surface area (Å²) in [5.74, 6) is -1.29. The Morgan fingerprint density at radius 3 is 2.52 bits per heavy atom. The zero-order valence-electron chi connectivity index (χ0n) is 15.5. The van der Waals surface area contributed by atoms with Crippen molar-refractivity contribution in [1.29, 1.82) is 0 Å². The van der Waals surface area contributed by atoms with Gasteiger partial charge in [0, 0.05) is 12.6 Å². The highest BCUT2D eigenvalue weighted by Gasteiger charge is 2.17. The number of hydrogen-bond donors (Lipinski definition) is 2. The molecule has 1 amide bonds. The maximum absolute atomic E-state index is 11.5. The maximum atomic E-state index is 11.5. The van der Waals surface area contributed by atoms with E-state index in [9.17, 15) is 24.8 Å². The molecule has 0 radical (unpaired) electrons. The number of para-hydroxylation sites is 1. The molecule has 0 bridgehead atoms. The van der Waals surface area contributed by atoms with E-state index in [2.05, 4.69) is 10.0 Å². The van der Waals surface area contributed by atoms with Crippen LogP contribution in [-0.2, 0) is 9.53 Å². The van der Waals surface area contributed by atoms with E-state index in [1.54, 1.807) is 26.8 Å². The van der Waals surface area contributed by atoms with Crippen molar-refractivity contribution < 1.29 is 24.4 Å². The summed E-state index contributed by atoms with van der Waals surface area (Å²) in [5.41, 5.74) is -0.681. The van der Waals surface area contributed by atoms with Crippen LogP contribution in [0.3, 0.4) is 0 Å². The average molecular weight is 398 g/mol. The second kappa shape index (κ2) is 10.7. The number of carbonyl (C=O) groups is 2. The number of hydrogen-bond acceptors (Lipinski definition) is 8. The summed E-state index contributed by atoms with van der Waals surface area (Å²) in [5, 5.41) is 24.8. The predicted octanol–water partition coefficient (Wildman–Crippen LogP) is 2.00. The van der Waals surface area contributed by atoms with Gasteiger partial charge in [0.2, 0.25) is 0 Å². The summed E-state index contributed by atoms with van der Waals surface area (Å²) in [7, 11) is 0. The molecule has 1 atom stereocenters. The number of alkyl carbamates (subject to hydrolysis) is 1. The first-order chi connectivity index (χ1) is 12.6. The van der Waals surface area contributed by atoms with Crippen LogP contribution in [0.1, 0.15) is 40.0 Å². The van der Waals surface area contributed by atoms with E-state index in [0.29, 0.717) is 24.3 Å².